The van der Waals surface area contributed by atoms with Crippen LogP contribution in [0.1, 0.15) is 12.5 Å². The average Bonchev–Trinajstić information content (AvgIpc) is 3.09. The zero-order chi connectivity index (χ0) is 39.5. The van der Waals surface area contributed by atoms with Crippen LogP contribution in [0.15, 0.2) is 18.2 Å². The molecule has 0 aliphatic carbocycles. The Hall–Kier alpha value is -4.26. The molecule has 4 atom stereocenters. The number of benzene rings is 1. The number of aliphatic carboxylic acids is 3. The number of hydrogen-bond donors (Lipinski definition) is 8. The predicted octanol–water partition coefficient (Wildman–Crippen LogP) is -2.89. The minimum absolute atomic E-state index is 0.0787. The highest BCUT2D eigenvalue weighted by Gasteiger charge is 2.27. The van der Waals surface area contributed by atoms with Crippen molar-refractivity contribution in [3.63, 3.8) is 0 Å². The fourth-order valence-corrected chi connectivity index (χ4v) is 5.45. The lowest BCUT2D eigenvalue weighted by atomic mass is 10.1. The second-order valence-electron chi connectivity index (χ2n) is 12.4. The number of carboxylic acid groups (broad SMARTS) is 3. The van der Waals surface area contributed by atoms with Gasteiger partial charge in [-0.2, -0.15) is 0 Å². The van der Waals surface area contributed by atoms with E-state index < -0.39 is 72.9 Å². The molecular formula is C31H50N6O16. The first-order valence-corrected chi connectivity index (χ1v) is 16.7. The molecule has 1 saturated heterocycles. The van der Waals surface area contributed by atoms with E-state index in [4.69, 9.17) is 14.6 Å². The van der Waals surface area contributed by atoms with Crippen LogP contribution in [-0.4, -0.2) is 207 Å². The van der Waals surface area contributed by atoms with Crippen molar-refractivity contribution in [2.75, 3.05) is 98.5 Å². The second-order valence-corrected chi connectivity index (χ2v) is 12.4. The summed E-state index contributed by atoms with van der Waals surface area (Å²) in [6, 6.07) is 3.43. The second kappa shape index (κ2) is 23.4. The van der Waals surface area contributed by atoms with Gasteiger partial charge in [-0.3, -0.25) is 44.1 Å². The van der Waals surface area contributed by atoms with E-state index >= 15 is 0 Å². The van der Waals surface area contributed by atoms with Crippen molar-refractivity contribution < 1.29 is 74.1 Å². The number of aliphatic hydroxyl groups excluding tert-OH is 4. The monoisotopic (exact) mass is 762 g/mol. The summed E-state index contributed by atoms with van der Waals surface area (Å²) in [5.41, 5.74) is -0.294. The van der Waals surface area contributed by atoms with Crippen LogP contribution in [0.2, 0.25) is 0 Å². The van der Waals surface area contributed by atoms with Gasteiger partial charge in [0.1, 0.15) is 38.3 Å². The summed E-state index contributed by atoms with van der Waals surface area (Å²) in [5.74, 6) is -3.43. The number of hydrogen-bond acceptors (Lipinski definition) is 17. The van der Waals surface area contributed by atoms with E-state index in [1.165, 1.54) is 12.1 Å². The lowest BCUT2D eigenvalue weighted by molar-refractivity contribution is -0.386. The van der Waals surface area contributed by atoms with Gasteiger partial charge in [-0.15, -0.1) is 0 Å². The third kappa shape index (κ3) is 17.4. The molecule has 0 aromatic heterocycles. The minimum Gasteiger partial charge on any atom is -0.484 e. The zero-order valence-corrected chi connectivity index (χ0v) is 29.4. The molecule has 53 heavy (non-hydrogen) atoms. The van der Waals surface area contributed by atoms with E-state index in [0.717, 1.165) is 6.07 Å². The van der Waals surface area contributed by atoms with Gasteiger partial charge in [0.15, 0.2) is 5.75 Å². The summed E-state index contributed by atoms with van der Waals surface area (Å²) in [4.78, 5) is 64.9. The zero-order valence-electron chi connectivity index (χ0n) is 29.4. The number of nitro groups is 1. The Morgan fingerprint density at radius 3 is 2.00 bits per heavy atom. The molecule has 0 saturated carbocycles. The van der Waals surface area contributed by atoms with Crippen LogP contribution < -0.4 is 10.1 Å². The van der Waals surface area contributed by atoms with Crippen LogP contribution in [0.4, 0.5) is 10.5 Å². The highest BCUT2D eigenvalue weighted by molar-refractivity contribution is 5.70. The molecule has 22 heteroatoms. The van der Waals surface area contributed by atoms with Crippen LogP contribution in [0, 0.1) is 10.1 Å². The molecule has 1 aromatic carbocycles. The summed E-state index contributed by atoms with van der Waals surface area (Å²) >= 11 is 0. The van der Waals surface area contributed by atoms with Gasteiger partial charge in [0.2, 0.25) is 0 Å². The summed E-state index contributed by atoms with van der Waals surface area (Å²) in [5, 5.41) is 81.0. The largest absolute Gasteiger partial charge is 0.484 e. The van der Waals surface area contributed by atoms with Crippen molar-refractivity contribution in [3.8, 4) is 5.75 Å². The molecule has 0 radical (unpaired) electrons. The van der Waals surface area contributed by atoms with E-state index in [9.17, 15) is 59.9 Å². The Morgan fingerprint density at radius 2 is 1.43 bits per heavy atom. The molecule has 1 heterocycles. The van der Waals surface area contributed by atoms with Crippen LogP contribution in [-0.2, 0) is 30.5 Å². The third-order valence-electron chi connectivity index (χ3n) is 8.23. The standard InChI is InChI=1S/C31H50N6O16/c1-21-13-35(16-29(45)46)9-8-33(14-27(41)42)6-7-34(15-28(43)44)10-11-36(21)5-4-32-31(48)53-17-22-2-3-26(23(12-22)37(49)50)52-19-25(40)30(47)24(39)18-51-20-38/h2-3,12,21,24-25,30,38-40,47H,4-11,13-20H2,1H3,(H,32,48)(H,41,42)(H,43,44)(H,45,46). The van der Waals surface area contributed by atoms with Crippen molar-refractivity contribution in [1.82, 2.24) is 24.9 Å². The van der Waals surface area contributed by atoms with Crippen LogP contribution in [0.25, 0.3) is 0 Å². The molecule has 22 nitrogen and oxygen atoms in total. The van der Waals surface area contributed by atoms with E-state index in [-0.39, 0.29) is 89.4 Å². The summed E-state index contributed by atoms with van der Waals surface area (Å²) in [7, 11) is 0. The Bertz CT molecular complexity index is 1340. The number of nitrogens with zero attached hydrogens (tertiary/aromatic N) is 5. The molecule has 1 aliphatic rings. The average molecular weight is 763 g/mol. The molecule has 0 spiro atoms. The molecule has 1 aromatic rings. The van der Waals surface area contributed by atoms with E-state index in [2.05, 4.69) is 10.1 Å². The molecule has 0 bridgehead atoms. The van der Waals surface area contributed by atoms with Gasteiger partial charge in [-0.25, -0.2) is 4.79 Å². The number of rotatable bonds is 20. The van der Waals surface area contributed by atoms with Gasteiger partial charge in [-0.05, 0) is 18.6 Å². The van der Waals surface area contributed by atoms with Crippen LogP contribution >= 0.6 is 0 Å². The normalized spacial score (nSPS) is 18.8. The van der Waals surface area contributed by atoms with E-state index in [0.29, 0.717) is 13.1 Å². The highest BCUT2D eigenvalue weighted by Crippen LogP contribution is 2.28. The Labute approximate surface area is 304 Å². The summed E-state index contributed by atoms with van der Waals surface area (Å²) in [6.45, 7) is 1.12. The number of amides is 1. The quantitative estimate of drug-likeness (QED) is 0.0376. The van der Waals surface area contributed by atoms with Gasteiger partial charge >= 0.3 is 29.7 Å². The van der Waals surface area contributed by atoms with E-state index in [1.807, 2.05) is 11.8 Å². The summed E-state index contributed by atoms with van der Waals surface area (Å²) in [6.07, 6.45) is -5.80. The summed E-state index contributed by atoms with van der Waals surface area (Å²) < 4.78 is 15.1. The number of carboxylic acids is 3. The van der Waals surface area contributed by atoms with Gasteiger partial charge < -0.3 is 55.3 Å². The molecule has 4 unspecified atom stereocenters. The fraction of sp³-hybridized carbons (Fsp3) is 0.677. The smallest absolute Gasteiger partial charge is 0.407 e. The highest BCUT2D eigenvalue weighted by atomic mass is 16.6. The number of aliphatic hydroxyl groups is 4. The maximum atomic E-state index is 12.5. The van der Waals surface area contributed by atoms with Crippen molar-refractivity contribution in [2.45, 2.75) is 37.9 Å². The molecule has 2 rings (SSSR count). The van der Waals surface area contributed by atoms with Crippen LogP contribution in [0.5, 0.6) is 5.75 Å². The molecular weight excluding hydrogens is 712 g/mol. The van der Waals surface area contributed by atoms with Crippen molar-refractivity contribution >= 4 is 29.7 Å². The first kappa shape index (κ1) is 44.9. The van der Waals surface area contributed by atoms with Crippen molar-refractivity contribution in [2.24, 2.45) is 0 Å². The SMILES string of the molecule is CC1CN(CC(=O)O)CCN(CC(=O)O)CCN(CC(=O)O)CCN1CCNC(=O)OCc1ccc(OCC(O)C(O)C(O)COCO)c([N+](=O)[O-])c1. The number of nitrogens with one attached hydrogen (secondary N) is 1. The van der Waals surface area contributed by atoms with Crippen molar-refractivity contribution in [3.05, 3.63) is 33.9 Å². The topological polar surface area (TPSA) is 306 Å². The Balaban J connectivity index is 2.01. The minimum atomic E-state index is -1.74. The predicted molar refractivity (Wildman–Crippen MR) is 181 cm³/mol. The lowest BCUT2D eigenvalue weighted by Gasteiger charge is -2.36. The van der Waals surface area contributed by atoms with Gasteiger partial charge in [0.25, 0.3) is 0 Å². The third-order valence-corrected chi connectivity index (χ3v) is 8.23. The molecule has 8 N–H and O–H groups in total. The first-order chi connectivity index (χ1) is 25.1. The molecule has 300 valence electrons. The number of nitro benzene ring substituents is 1. The fourth-order valence-electron chi connectivity index (χ4n) is 5.45. The first-order valence-electron chi connectivity index (χ1n) is 16.7. The lowest BCUT2D eigenvalue weighted by Crippen LogP contribution is -2.52. The number of ether oxygens (including phenoxy) is 3. The van der Waals surface area contributed by atoms with Gasteiger partial charge in [0, 0.05) is 71.0 Å². The molecule has 1 aliphatic heterocycles. The number of carbonyl (C=O) groups excluding carboxylic acids is 1. The van der Waals surface area contributed by atoms with E-state index in [1.54, 1.807) is 14.7 Å². The van der Waals surface area contributed by atoms with Gasteiger partial charge in [0.05, 0.1) is 31.2 Å². The molecule has 1 amide bonds. The maximum Gasteiger partial charge on any atom is 0.407 e. The van der Waals surface area contributed by atoms with Gasteiger partial charge in [-0.1, -0.05) is 6.07 Å². The Kier molecular flexibility index (Phi) is 19.8. The molecule has 1 fully saturated rings. The number of alkyl carbamates (subject to hydrolysis) is 1. The number of carbonyl (C=O) groups is 4. The maximum absolute atomic E-state index is 12.5. The van der Waals surface area contributed by atoms with Crippen molar-refractivity contribution in [1.29, 1.82) is 0 Å². The van der Waals surface area contributed by atoms with Crippen LogP contribution in [0.3, 0.4) is 0 Å². The Morgan fingerprint density at radius 1 is 0.887 bits per heavy atom.